The number of hydrogen-bond acceptors (Lipinski definition) is 6. The molecule has 1 atom stereocenters. The number of carbonyl (C=O) groups excluding carboxylic acids is 1. The fourth-order valence-corrected chi connectivity index (χ4v) is 2.93. The van der Waals surface area contributed by atoms with Crippen LogP contribution < -0.4 is 5.56 Å². The highest BCUT2D eigenvalue weighted by Crippen LogP contribution is 2.20. The Labute approximate surface area is 121 Å². The van der Waals surface area contributed by atoms with E-state index in [2.05, 4.69) is 14.7 Å². The third-order valence-electron chi connectivity index (χ3n) is 3.01. The molecule has 6 nitrogen and oxygen atoms in total. The Kier molecular flexibility index (Phi) is 5.60. The minimum Gasteiger partial charge on any atom is -0.469 e. The van der Waals surface area contributed by atoms with Gasteiger partial charge in [-0.2, -0.15) is 0 Å². The van der Waals surface area contributed by atoms with Crippen LogP contribution in [0.25, 0.3) is 0 Å². The van der Waals surface area contributed by atoms with Gasteiger partial charge in [0.25, 0.3) is 5.56 Å². The largest absolute Gasteiger partial charge is 0.469 e. The van der Waals surface area contributed by atoms with Crippen molar-refractivity contribution < 1.29 is 14.3 Å². The molecular formula is C13H18N2O4S. The van der Waals surface area contributed by atoms with Crippen molar-refractivity contribution >= 4 is 17.7 Å². The highest BCUT2D eigenvalue weighted by Gasteiger charge is 2.15. The molecule has 1 saturated heterocycles. The summed E-state index contributed by atoms with van der Waals surface area (Å²) in [5.41, 5.74) is 0.165. The normalized spacial score (nSPS) is 18.8. The molecule has 2 heterocycles. The van der Waals surface area contributed by atoms with Gasteiger partial charge < -0.3 is 14.5 Å². The monoisotopic (exact) mass is 298 g/mol. The van der Waals surface area contributed by atoms with Crippen molar-refractivity contribution in [2.45, 2.75) is 36.9 Å². The van der Waals surface area contributed by atoms with E-state index in [9.17, 15) is 9.59 Å². The first-order valence-electron chi connectivity index (χ1n) is 6.59. The van der Waals surface area contributed by atoms with Gasteiger partial charge in [-0.1, -0.05) is 11.8 Å². The molecule has 0 unspecified atom stereocenters. The Morgan fingerprint density at radius 1 is 1.60 bits per heavy atom. The zero-order chi connectivity index (χ0) is 14.4. The molecular weight excluding hydrogens is 280 g/mol. The first kappa shape index (κ1) is 15.1. The standard InChI is InChI=1S/C13H18N2O4S/c1-18-12(17)7-9-6-11(16)15-13(14-9)20-8-10-4-2-3-5-19-10/h6,10H,2-5,7-8H2,1H3,(H,14,15,16)/t10-/m1/s1. The number of aromatic nitrogens is 2. The lowest BCUT2D eigenvalue weighted by molar-refractivity contribution is -0.139. The van der Waals surface area contributed by atoms with Gasteiger partial charge in [0.15, 0.2) is 5.16 Å². The quantitative estimate of drug-likeness (QED) is 0.499. The van der Waals surface area contributed by atoms with Crippen LogP contribution in [-0.4, -0.2) is 41.5 Å². The fourth-order valence-electron chi connectivity index (χ4n) is 1.97. The van der Waals surface area contributed by atoms with E-state index in [0.717, 1.165) is 25.2 Å². The molecule has 1 aromatic rings. The summed E-state index contributed by atoms with van der Waals surface area (Å²) in [6.45, 7) is 0.803. The lowest BCUT2D eigenvalue weighted by atomic mass is 10.1. The van der Waals surface area contributed by atoms with Gasteiger partial charge in [-0.15, -0.1) is 0 Å². The van der Waals surface area contributed by atoms with Gasteiger partial charge in [-0.05, 0) is 19.3 Å². The molecule has 1 fully saturated rings. The van der Waals surface area contributed by atoms with Crippen LogP contribution >= 0.6 is 11.8 Å². The van der Waals surface area contributed by atoms with E-state index in [1.807, 2.05) is 0 Å². The zero-order valence-corrected chi connectivity index (χ0v) is 12.2. The second-order valence-electron chi connectivity index (χ2n) is 4.59. The molecule has 0 radical (unpaired) electrons. The minimum atomic E-state index is -0.408. The number of H-pyrrole nitrogens is 1. The lowest BCUT2D eigenvalue weighted by Gasteiger charge is -2.21. The Balaban J connectivity index is 1.96. The summed E-state index contributed by atoms with van der Waals surface area (Å²) in [4.78, 5) is 29.7. The van der Waals surface area contributed by atoms with Crippen molar-refractivity contribution in [3.05, 3.63) is 22.1 Å². The second kappa shape index (κ2) is 7.44. The summed E-state index contributed by atoms with van der Waals surface area (Å²) < 4.78 is 10.2. The van der Waals surface area contributed by atoms with E-state index < -0.39 is 5.97 Å². The van der Waals surface area contributed by atoms with Crippen LogP contribution in [-0.2, 0) is 20.7 Å². The zero-order valence-electron chi connectivity index (χ0n) is 11.4. The summed E-state index contributed by atoms with van der Waals surface area (Å²) >= 11 is 1.45. The molecule has 0 saturated carbocycles. The molecule has 0 aromatic carbocycles. The number of ether oxygens (including phenoxy) is 2. The summed E-state index contributed by atoms with van der Waals surface area (Å²) in [6.07, 6.45) is 3.55. The van der Waals surface area contributed by atoms with Gasteiger partial charge in [0.1, 0.15) is 0 Å². The third kappa shape index (κ3) is 4.64. The molecule has 1 aliphatic rings. The van der Waals surface area contributed by atoms with E-state index in [1.54, 1.807) is 0 Å². The van der Waals surface area contributed by atoms with Gasteiger partial charge >= 0.3 is 5.97 Å². The molecule has 20 heavy (non-hydrogen) atoms. The molecule has 0 spiro atoms. The number of thioether (sulfide) groups is 1. The number of nitrogens with one attached hydrogen (secondary N) is 1. The van der Waals surface area contributed by atoms with Crippen molar-refractivity contribution in [1.82, 2.24) is 9.97 Å². The maximum atomic E-state index is 11.5. The molecule has 2 rings (SSSR count). The summed E-state index contributed by atoms with van der Waals surface area (Å²) in [7, 11) is 1.31. The molecule has 1 aliphatic heterocycles. The van der Waals surface area contributed by atoms with Gasteiger partial charge in [0.05, 0.1) is 25.3 Å². The number of hydrogen-bond donors (Lipinski definition) is 1. The average molecular weight is 298 g/mol. The number of carbonyl (C=O) groups is 1. The number of methoxy groups -OCH3 is 1. The van der Waals surface area contributed by atoms with Crippen LogP contribution in [0.2, 0.25) is 0 Å². The van der Waals surface area contributed by atoms with Gasteiger partial charge in [-0.3, -0.25) is 9.59 Å². The molecule has 0 amide bonds. The topological polar surface area (TPSA) is 81.3 Å². The smallest absolute Gasteiger partial charge is 0.311 e. The first-order valence-corrected chi connectivity index (χ1v) is 7.57. The minimum absolute atomic E-state index is 0.00785. The highest BCUT2D eigenvalue weighted by molar-refractivity contribution is 7.99. The maximum Gasteiger partial charge on any atom is 0.311 e. The highest BCUT2D eigenvalue weighted by atomic mass is 32.2. The van der Waals surface area contributed by atoms with Crippen molar-refractivity contribution in [3.8, 4) is 0 Å². The van der Waals surface area contributed by atoms with Crippen LogP contribution in [0.4, 0.5) is 0 Å². The van der Waals surface area contributed by atoms with Gasteiger partial charge in [0, 0.05) is 18.4 Å². The van der Waals surface area contributed by atoms with Crippen molar-refractivity contribution in [1.29, 1.82) is 0 Å². The van der Waals surface area contributed by atoms with E-state index >= 15 is 0 Å². The summed E-state index contributed by atoms with van der Waals surface area (Å²) in [6, 6.07) is 1.32. The predicted octanol–water partition coefficient (Wildman–Crippen LogP) is 1.15. The van der Waals surface area contributed by atoms with Crippen LogP contribution in [0.3, 0.4) is 0 Å². The molecule has 1 aromatic heterocycles. The number of esters is 1. The second-order valence-corrected chi connectivity index (χ2v) is 5.60. The summed E-state index contributed by atoms with van der Waals surface area (Å²) in [5.74, 6) is 0.347. The molecule has 7 heteroatoms. The van der Waals surface area contributed by atoms with Crippen LogP contribution in [0, 0.1) is 0 Å². The number of nitrogens with zero attached hydrogens (tertiary/aromatic N) is 1. The molecule has 1 N–H and O–H groups in total. The number of aromatic amines is 1. The van der Waals surface area contributed by atoms with Gasteiger partial charge in [0.2, 0.25) is 0 Å². The molecule has 0 aliphatic carbocycles. The summed E-state index contributed by atoms with van der Waals surface area (Å²) in [5, 5.41) is 0.519. The van der Waals surface area contributed by atoms with Gasteiger partial charge in [-0.25, -0.2) is 4.98 Å². The van der Waals surface area contributed by atoms with E-state index in [0.29, 0.717) is 10.9 Å². The Morgan fingerprint density at radius 2 is 2.45 bits per heavy atom. The molecule has 0 bridgehead atoms. The maximum absolute atomic E-state index is 11.5. The SMILES string of the molecule is COC(=O)Cc1cc(=O)[nH]c(SC[C@H]2CCCCO2)n1. The van der Waals surface area contributed by atoms with Crippen molar-refractivity contribution in [2.24, 2.45) is 0 Å². The van der Waals surface area contributed by atoms with E-state index in [4.69, 9.17) is 4.74 Å². The average Bonchev–Trinajstić information content (AvgIpc) is 2.45. The van der Waals surface area contributed by atoms with E-state index in [-0.39, 0.29) is 18.1 Å². The van der Waals surface area contributed by atoms with Crippen molar-refractivity contribution in [2.75, 3.05) is 19.5 Å². The molecule has 110 valence electrons. The van der Waals surface area contributed by atoms with Crippen LogP contribution in [0.1, 0.15) is 25.0 Å². The third-order valence-corrected chi connectivity index (χ3v) is 4.01. The number of rotatable bonds is 5. The van der Waals surface area contributed by atoms with Crippen LogP contribution in [0.15, 0.2) is 16.0 Å². The predicted molar refractivity (Wildman–Crippen MR) is 74.9 cm³/mol. The van der Waals surface area contributed by atoms with Crippen molar-refractivity contribution in [3.63, 3.8) is 0 Å². The Morgan fingerprint density at radius 3 is 3.15 bits per heavy atom. The lowest BCUT2D eigenvalue weighted by Crippen LogP contribution is -2.22. The van der Waals surface area contributed by atoms with E-state index in [1.165, 1.54) is 31.4 Å². The van der Waals surface area contributed by atoms with Crippen LogP contribution in [0.5, 0.6) is 0 Å². The first-order chi connectivity index (χ1) is 9.67. The Hall–Kier alpha value is -1.34. The fraction of sp³-hybridized carbons (Fsp3) is 0.615. The Bertz CT molecular complexity index is 511.